The van der Waals surface area contributed by atoms with Crippen molar-refractivity contribution in [2.24, 2.45) is 5.92 Å². The lowest BCUT2D eigenvalue weighted by Crippen LogP contribution is -2.43. The third kappa shape index (κ3) is 5.20. The zero-order valence-electron chi connectivity index (χ0n) is 14.3. The van der Waals surface area contributed by atoms with Crippen LogP contribution in [0.15, 0.2) is 12.3 Å². The van der Waals surface area contributed by atoms with Gasteiger partial charge < -0.3 is 19.1 Å². The fourth-order valence-corrected chi connectivity index (χ4v) is 2.73. The number of methoxy groups -OCH3 is 1. The number of ether oxygens (including phenoxy) is 3. The Hall–Kier alpha value is -1.23. The van der Waals surface area contributed by atoms with Gasteiger partial charge in [0.15, 0.2) is 0 Å². The van der Waals surface area contributed by atoms with Crippen LogP contribution in [0.5, 0.6) is 0 Å². The van der Waals surface area contributed by atoms with Gasteiger partial charge in [-0.2, -0.15) is 0 Å². The van der Waals surface area contributed by atoms with Crippen LogP contribution in [0.4, 0.5) is 4.79 Å². The molecule has 2 atom stereocenters. The van der Waals surface area contributed by atoms with Crippen molar-refractivity contribution in [2.45, 2.75) is 64.3 Å². The first-order valence-electron chi connectivity index (χ1n) is 8.13. The van der Waals surface area contributed by atoms with E-state index in [9.17, 15) is 4.79 Å². The van der Waals surface area contributed by atoms with E-state index in [-0.39, 0.29) is 12.2 Å². The fraction of sp³-hybridized carbons (Fsp3) is 0.824. The Morgan fingerprint density at radius 3 is 2.45 bits per heavy atom. The van der Waals surface area contributed by atoms with Crippen molar-refractivity contribution in [2.75, 3.05) is 20.2 Å². The number of carbonyl (C=O) groups excluding carboxylic acids is 1. The summed E-state index contributed by atoms with van der Waals surface area (Å²) >= 11 is 0. The third-order valence-electron chi connectivity index (χ3n) is 4.10. The first kappa shape index (κ1) is 17.1. The van der Waals surface area contributed by atoms with Crippen LogP contribution in [0.2, 0.25) is 0 Å². The topological polar surface area (TPSA) is 48.0 Å². The molecule has 1 saturated heterocycles. The quantitative estimate of drug-likeness (QED) is 0.731. The number of carbonyl (C=O) groups is 1. The molecule has 1 saturated carbocycles. The molecule has 2 aliphatic rings. The van der Waals surface area contributed by atoms with E-state index < -0.39 is 5.60 Å². The minimum Gasteiger partial charge on any atom is -0.502 e. The Kier molecular flexibility index (Phi) is 5.37. The Morgan fingerprint density at radius 1 is 1.27 bits per heavy atom. The zero-order chi connectivity index (χ0) is 16.3. The van der Waals surface area contributed by atoms with Crippen molar-refractivity contribution >= 4 is 6.09 Å². The van der Waals surface area contributed by atoms with Gasteiger partial charge in [0.05, 0.1) is 25.1 Å². The predicted molar refractivity (Wildman–Crippen MR) is 84.6 cm³/mol. The minimum absolute atomic E-state index is 0.216. The smallest absolute Gasteiger partial charge is 0.410 e. The Labute approximate surface area is 133 Å². The largest absolute Gasteiger partial charge is 0.502 e. The van der Waals surface area contributed by atoms with Crippen LogP contribution in [-0.2, 0) is 14.2 Å². The molecule has 0 spiro atoms. The molecule has 5 heteroatoms. The van der Waals surface area contributed by atoms with E-state index in [2.05, 4.69) is 6.58 Å². The van der Waals surface area contributed by atoms with Crippen LogP contribution in [0, 0.1) is 5.92 Å². The summed E-state index contributed by atoms with van der Waals surface area (Å²) in [5, 5.41) is 0. The summed E-state index contributed by atoms with van der Waals surface area (Å²) in [7, 11) is 1.66. The SMILES string of the molecule is C=C(CC1C[C@@H]1OC1CCN(C(=O)OC(C)(C)C)CC1)OC. The average molecular weight is 311 g/mol. The van der Waals surface area contributed by atoms with Crippen molar-refractivity contribution in [3.63, 3.8) is 0 Å². The number of amides is 1. The number of piperidine rings is 1. The summed E-state index contributed by atoms with van der Waals surface area (Å²) < 4.78 is 16.6. The molecular formula is C17H29NO4. The zero-order valence-corrected chi connectivity index (χ0v) is 14.3. The van der Waals surface area contributed by atoms with Crippen LogP contribution >= 0.6 is 0 Å². The predicted octanol–water partition coefficient (Wildman–Crippen LogP) is 3.34. The number of allylic oxidation sites excluding steroid dienone is 1. The molecule has 0 aromatic rings. The monoisotopic (exact) mass is 311 g/mol. The molecule has 126 valence electrons. The van der Waals surface area contributed by atoms with Crippen LogP contribution in [0.25, 0.3) is 0 Å². The maximum Gasteiger partial charge on any atom is 0.410 e. The number of hydrogen-bond donors (Lipinski definition) is 0. The molecule has 1 heterocycles. The van der Waals surface area contributed by atoms with Crippen molar-refractivity contribution in [1.29, 1.82) is 0 Å². The molecule has 1 unspecified atom stereocenters. The fourth-order valence-electron chi connectivity index (χ4n) is 2.73. The van der Waals surface area contributed by atoms with Crippen molar-refractivity contribution in [3.05, 3.63) is 12.3 Å². The van der Waals surface area contributed by atoms with Crippen LogP contribution in [0.1, 0.15) is 46.5 Å². The van der Waals surface area contributed by atoms with E-state index in [0.29, 0.717) is 25.1 Å². The Balaban J connectivity index is 1.66. The summed E-state index contributed by atoms with van der Waals surface area (Å²) in [6.07, 6.45) is 4.12. The van der Waals surface area contributed by atoms with E-state index >= 15 is 0 Å². The van der Waals surface area contributed by atoms with Gasteiger partial charge in [-0.05, 0) is 46.0 Å². The highest BCUT2D eigenvalue weighted by Crippen LogP contribution is 2.40. The molecule has 0 bridgehead atoms. The molecule has 1 aliphatic heterocycles. The van der Waals surface area contributed by atoms with Crippen molar-refractivity contribution in [1.82, 2.24) is 4.90 Å². The second-order valence-electron chi connectivity index (χ2n) is 7.28. The van der Waals surface area contributed by atoms with Gasteiger partial charge >= 0.3 is 6.09 Å². The second-order valence-corrected chi connectivity index (χ2v) is 7.28. The minimum atomic E-state index is -0.435. The molecule has 2 rings (SSSR count). The first-order chi connectivity index (χ1) is 10.3. The summed E-state index contributed by atoms with van der Waals surface area (Å²) in [6.45, 7) is 10.9. The van der Waals surface area contributed by atoms with Gasteiger partial charge in [-0.3, -0.25) is 0 Å². The van der Waals surface area contributed by atoms with Gasteiger partial charge in [-0.15, -0.1) is 0 Å². The third-order valence-corrected chi connectivity index (χ3v) is 4.10. The lowest BCUT2D eigenvalue weighted by Gasteiger charge is -2.33. The van der Waals surface area contributed by atoms with Gasteiger partial charge in [0.1, 0.15) is 5.60 Å². The van der Waals surface area contributed by atoms with Gasteiger partial charge in [-0.25, -0.2) is 4.79 Å². The Morgan fingerprint density at radius 2 is 1.91 bits per heavy atom. The highest BCUT2D eigenvalue weighted by Gasteiger charge is 2.41. The lowest BCUT2D eigenvalue weighted by atomic mass is 10.1. The first-order valence-corrected chi connectivity index (χ1v) is 8.13. The number of rotatable bonds is 5. The standard InChI is InChI=1S/C17H29NO4/c1-12(20-5)10-13-11-15(13)21-14-6-8-18(9-7-14)16(19)22-17(2,3)4/h13-15H,1,6-11H2,2-5H3/t13?,15-/m0/s1. The molecular weight excluding hydrogens is 282 g/mol. The van der Waals surface area contributed by atoms with E-state index in [1.165, 1.54) is 0 Å². The van der Waals surface area contributed by atoms with E-state index in [1.807, 2.05) is 20.8 Å². The summed E-state index contributed by atoms with van der Waals surface area (Å²) in [6, 6.07) is 0. The Bertz CT molecular complexity index is 407. The van der Waals surface area contributed by atoms with E-state index in [0.717, 1.165) is 31.4 Å². The van der Waals surface area contributed by atoms with Crippen LogP contribution < -0.4 is 0 Å². The highest BCUT2D eigenvalue weighted by molar-refractivity contribution is 5.68. The van der Waals surface area contributed by atoms with E-state index in [1.54, 1.807) is 12.0 Å². The van der Waals surface area contributed by atoms with Gasteiger partial charge in [-0.1, -0.05) is 6.58 Å². The molecule has 22 heavy (non-hydrogen) atoms. The summed E-state index contributed by atoms with van der Waals surface area (Å²) in [5.41, 5.74) is -0.435. The van der Waals surface area contributed by atoms with Crippen molar-refractivity contribution < 1.29 is 19.0 Å². The normalized spacial score (nSPS) is 25.7. The molecule has 5 nitrogen and oxygen atoms in total. The second kappa shape index (κ2) is 6.90. The maximum atomic E-state index is 12.0. The number of hydrogen-bond acceptors (Lipinski definition) is 4. The molecule has 0 radical (unpaired) electrons. The molecule has 0 aromatic carbocycles. The van der Waals surface area contributed by atoms with E-state index in [4.69, 9.17) is 14.2 Å². The van der Waals surface area contributed by atoms with Gasteiger partial charge in [0.25, 0.3) is 0 Å². The van der Waals surface area contributed by atoms with Gasteiger partial charge in [0.2, 0.25) is 0 Å². The maximum absolute atomic E-state index is 12.0. The molecule has 0 aromatic heterocycles. The molecule has 0 N–H and O–H groups in total. The van der Waals surface area contributed by atoms with Crippen LogP contribution in [-0.4, -0.2) is 49.0 Å². The highest BCUT2D eigenvalue weighted by atomic mass is 16.6. The summed E-state index contributed by atoms with van der Waals surface area (Å²) in [5.74, 6) is 1.38. The van der Waals surface area contributed by atoms with Crippen LogP contribution in [0.3, 0.4) is 0 Å². The van der Waals surface area contributed by atoms with Crippen molar-refractivity contribution in [3.8, 4) is 0 Å². The van der Waals surface area contributed by atoms with Gasteiger partial charge in [0, 0.05) is 19.5 Å². The molecule has 1 amide bonds. The average Bonchev–Trinajstić information content (AvgIpc) is 3.15. The lowest BCUT2D eigenvalue weighted by molar-refractivity contribution is -0.0208. The summed E-state index contributed by atoms with van der Waals surface area (Å²) in [4.78, 5) is 13.8. The number of likely N-dealkylation sites (tertiary alicyclic amines) is 1. The molecule has 2 fully saturated rings. The molecule has 1 aliphatic carbocycles. The number of nitrogens with zero attached hydrogens (tertiary/aromatic N) is 1.